The van der Waals surface area contributed by atoms with E-state index >= 15 is 0 Å². The quantitative estimate of drug-likeness (QED) is 0.177. The molecular weight excluding hydrogens is 585 g/mol. The monoisotopic (exact) mass is 627 g/mol. The van der Waals surface area contributed by atoms with Gasteiger partial charge in [0, 0.05) is 69.9 Å². The minimum absolute atomic E-state index is 0.131. The van der Waals surface area contributed by atoms with Crippen molar-refractivity contribution in [2.24, 2.45) is 0 Å². The molecule has 2 aliphatic heterocycles. The Morgan fingerprint density at radius 2 is 1.85 bits per heavy atom. The Labute approximate surface area is 270 Å². The summed E-state index contributed by atoms with van der Waals surface area (Å²) in [5.41, 5.74) is 3.85. The average Bonchev–Trinajstić information content (AvgIpc) is 3.69. The van der Waals surface area contributed by atoms with Crippen LogP contribution in [0.5, 0.6) is 0 Å². The first kappa shape index (κ1) is 34.1. The maximum absolute atomic E-state index is 11.8. The van der Waals surface area contributed by atoms with Crippen molar-refractivity contribution < 1.29 is 14.0 Å². The van der Waals surface area contributed by atoms with Crippen LogP contribution in [0.1, 0.15) is 5.56 Å². The van der Waals surface area contributed by atoms with Gasteiger partial charge in [-0.15, -0.1) is 12.8 Å². The number of terminal acetylenes is 1. The highest BCUT2D eigenvalue weighted by Gasteiger charge is 2.25. The third-order valence-corrected chi connectivity index (χ3v) is 7.29. The minimum atomic E-state index is -0.428. The van der Waals surface area contributed by atoms with E-state index in [1.165, 1.54) is 12.3 Å². The van der Waals surface area contributed by atoms with Crippen molar-refractivity contribution >= 4 is 11.6 Å². The molecular formula is C34H42FN9O2. The lowest BCUT2D eigenvalue weighted by atomic mass is 10.1. The molecule has 242 valence electrons. The van der Waals surface area contributed by atoms with Gasteiger partial charge in [0.25, 0.3) is 0 Å². The number of nitrogens with zero attached hydrogens (tertiary/aromatic N) is 6. The third kappa shape index (κ3) is 9.35. The van der Waals surface area contributed by atoms with E-state index in [-0.39, 0.29) is 6.04 Å². The zero-order chi connectivity index (χ0) is 32.7. The van der Waals surface area contributed by atoms with Crippen LogP contribution < -0.4 is 20.9 Å². The molecule has 0 bridgehead atoms. The minimum Gasteiger partial charge on any atom is -0.383 e. The summed E-state index contributed by atoms with van der Waals surface area (Å²) in [6.45, 7) is 12.9. The first-order valence-corrected chi connectivity index (χ1v) is 15.1. The second-order valence-corrected chi connectivity index (χ2v) is 10.5. The lowest BCUT2D eigenvalue weighted by molar-refractivity contribution is -0.118. The Balaban J connectivity index is 0.000000466. The molecule has 1 atom stereocenters. The Kier molecular flexibility index (Phi) is 13.1. The second-order valence-electron chi connectivity index (χ2n) is 10.5. The fourth-order valence-electron chi connectivity index (χ4n) is 5.03. The zero-order valence-electron chi connectivity index (χ0n) is 26.4. The molecule has 2 aliphatic rings. The smallest absolute Gasteiger partial charge is 0.212 e. The fourth-order valence-corrected chi connectivity index (χ4v) is 5.03. The van der Waals surface area contributed by atoms with Crippen molar-refractivity contribution in [2.45, 2.75) is 13.0 Å². The van der Waals surface area contributed by atoms with E-state index in [9.17, 15) is 4.39 Å². The summed E-state index contributed by atoms with van der Waals surface area (Å²) in [5, 5.41) is 17.2. The molecule has 0 aliphatic carbocycles. The van der Waals surface area contributed by atoms with Gasteiger partial charge in [0.1, 0.15) is 11.6 Å². The molecule has 3 N–H and O–H groups in total. The maximum atomic E-state index is 11.8. The second kappa shape index (κ2) is 17.6. The van der Waals surface area contributed by atoms with Crippen LogP contribution in [0.15, 0.2) is 85.5 Å². The summed E-state index contributed by atoms with van der Waals surface area (Å²) in [7, 11) is 1.70. The molecule has 0 amide bonds. The van der Waals surface area contributed by atoms with Crippen molar-refractivity contribution in [1.29, 1.82) is 0 Å². The highest BCUT2D eigenvalue weighted by molar-refractivity contribution is 5.71. The van der Waals surface area contributed by atoms with Crippen LogP contribution in [0.2, 0.25) is 0 Å². The lowest BCUT2D eigenvalue weighted by Crippen LogP contribution is -2.43. The Hall–Kier alpha value is -4.80. The van der Waals surface area contributed by atoms with Gasteiger partial charge in [0.05, 0.1) is 36.5 Å². The number of hydroxylamine groups is 2. The van der Waals surface area contributed by atoms with Crippen molar-refractivity contribution in [1.82, 2.24) is 35.4 Å². The number of aromatic nitrogens is 4. The number of benzene rings is 1. The van der Waals surface area contributed by atoms with E-state index in [1.807, 2.05) is 46.3 Å². The molecule has 3 aromatic heterocycles. The summed E-state index contributed by atoms with van der Waals surface area (Å²) < 4.78 is 18.9. The summed E-state index contributed by atoms with van der Waals surface area (Å²) in [6, 6.07) is 19.0. The highest BCUT2D eigenvalue weighted by atomic mass is 19.1. The number of para-hydroxylation sites is 1. The van der Waals surface area contributed by atoms with Crippen LogP contribution in [0.25, 0.3) is 16.9 Å². The number of halogens is 1. The van der Waals surface area contributed by atoms with Gasteiger partial charge in [0.2, 0.25) is 5.95 Å². The molecule has 0 spiro atoms. The summed E-state index contributed by atoms with van der Waals surface area (Å²) in [6.07, 6.45) is 11.3. The molecule has 12 heteroatoms. The third-order valence-electron chi connectivity index (χ3n) is 7.29. The first-order chi connectivity index (χ1) is 22.5. The summed E-state index contributed by atoms with van der Waals surface area (Å²) in [5.74, 6) is 2.13. The van der Waals surface area contributed by atoms with Crippen molar-refractivity contribution in [3.63, 3.8) is 0 Å². The number of hydrogen-bond donors (Lipinski definition) is 3. The summed E-state index contributed by atoms with van der Waals surface area (Å²) in [4.78, 5) is 16.1. The molecule has 6 rings (SSSR count). The number of ether oxygens (including phenoxy) is 1. The van der Waals surface area contributed by atoms with Crippen LogP contribution in [0, 0.1) is 25.7 Å². The van der Waals surface area contributed by atoms with Crippen LogP contribution in [-0.2, 0) is 9.57 Å². The van der Waals surface area contributed by atoms with Gasteiger partial charge in [-0.05, 0) is 43.3 Å². The largest absolute Gasteiger partial charge is 0.383 e. The number of hydrogen-bond acceptors (Lipinski definition) is 10. The highest BCUT2D eigenvalue weighted by Crippen LogP contribution is 2.31. The fraction of sp³-hybridized carbons (Fsp3) is 0.324. The molecule has 1 aromatic carbocycles. The zero-order valence-corrected chi connectivity index (χ0v) is 26.4. The predicted octanol–water partition coefficient (Wildman–Crippen LogP) is 3.86. The SMILES string of the molecule is C#C.C=C(Nc1c(C)c(-c2ccc(N3CCNCC3)nc2)nn1-c1ccccc1)N[C@H]1CON(CCOC)C1.Fc1ccccn1. The topological polar surface area (TPSA) is 105 Å². The first-order valence-electron chi connectivity index (χ1n) is 15.1. The van der Waals surface area contributed by atoms with E-state index in [4.69, 9.17) is 19.7 Å². The number of nitrogens with one attached hydrogen (secondary N) is 3. The number of anilines is 2. The van der Waals surface area contributed by atoms with E-state index in [2.05, 4.69) is 64.3 Å². The molecule has 2 saturated heterocycles. The molecule has 11 nitrogen and oxygen atoms in total. The molecule has 0 radical (unpaired) electrons. The van der Waals surface area contributed by atoms with E-state index in [1.54, 1.807) is 19.2 Å². The van der Waals surface area contributed by atoms with Crippen molar-refractivity contribution in [3.05, 3.63) is 97.0 Å². The van der Waals surface area contributed by atoms with Gasteiger partial charge < -0.3 is 25.6 Å². The van der Waals surface area contributed by atoms with Crippen molar-refractivity contribution in [2.75, 3.05) is 69.8 Å². The number of rotatable bonds is 10. The number of methoxy groups -OCH3 is 1. The molecule has 0 saturated carbocycles. The van der Waals surface area contributed by atoms with Gasteiger partial charge in [-0.1, -0.05) is 30.8 Å². The molecule has 4 aromatic rings. The Bertz CT molecular complexity index is 1510. The normalized spacial score (nSPS) is 16.0. The van der Waals surface area contributed by atoms with E-state index in [0.29, 0.717) is 19.0 Å². The number of piperazine rings is 1. The van der Waals surface area contributed by atoms with Gasteiger partial charge >= 0.3 is 0 Å². The Morgan fingerprint density at radius 3 is 2.48 bits per heavy atom. The van der Waals surface area contributed by atoms with Gasteiger partial charge in [-0.25, -0.2) is 14.6 Å². The lowest BCUT2D eigenvalue weighted by Gasteiger charge is -2.28. The van der Waals surface area contributed by atoms with Gasteiger partial charge in [-0.3, -0.25) is 4.84 Å². The van der Waals surface area contributed by atoms with Crippen molar-refractivity contribution in [3.8, 4) is 29.8 Å². The van der Waals surface area contributed by atoms with Crippen LogP contribution in [0.3, 0.4) is 0 Å². The van der Waals surface area contributed by atoms with Crippen LogP contribution in [-0.4, -0.2) is 90.4 Å². The standard InChI is InChI=1S/C27H36N8O2.C5H4FN.C2H2/c1-20-26(22-9-10-25(29-17-22)33-13-11-28-12-14-33)32-35(24-7-5-4-6-8-24)27(20)31-21(2)30-23-18-34(37-19-23)15-16-36-3;6-5-3-1-2-4-7-5;1-2/h4-10,17,23,28,30-31H,2,11-16,18-19H2,1,3H3;1-4H;1-2H/t23-;;/m1../s1. The summed E-state index contributed by atoms with van der Waals surface area (Å²) >= 11 is 0. The molecule has 46 heavy (non-hydrogen) atoms. The molecule has 2 fully saturated rings. The number of pyridine rings is 2. The van der Waals surface area contributed by atoms with Crippen LogP contribution in [0.4, 0.5) is 16.0 Å². The maximum Gasteiger partial charge on any atom is 0.212 e. The van der Waals surface area contributed by atoms with Crippen LogP contribution >= 0.6 is 0 Å². The average molecular weight is 628 g/mol. The van der Waals surface area contributed by atoms with Gasteiger partial charge in [0.15, 0.2) is 0 Å². The van der Waals surface area contributed by atoms with Gasteiger partial charge in [-0.2, -0.15) is 14.6 Å². The molecule has 5 heterocycles. The molecule has 0 unspecified atom stereocenters. The van der Waals surface area contributed by atoms with E-state index in [0.717, 1.165) is 73.4 Å². The van der Waals surface area contributed by atoms with E-state index < -0.39 is 5.95 Å². The Morgan fingerprint density at radius 1 is 1.09 bits per heavy atom. The predicted molar refractivity (Wildman–Crippen MR) is 180 cm³/mol.